The zero-order valence-corrected chi connectivity index (χ0v) is 15.1. The lowest BCUT2D eigenvalue weighted by molar-refractivity contribution is -0.127. The van der Waals surface area contributed by atoms with E-state index in [4.69, 9.17) is 9.47 Å². The Bertz CT molecular complexity index is 886. The van der Waals surface area contributed by atoms with E-state index >= 15 is 0 Å². The number of rotatable bonds is 7. The predicted octanol–water partition coefficient (Wildman–Crippen LogP) is 4.11. The summed E-state index contributed by atoms with van der Waals surface area (Å²) in [4.78, 5) is 12.2. The third kappa shape index (κ3) is 4.33. The van der Waals surface area contributed by atoms with Crippen molar-refractivity contribution in [2.45, 2.75) is 20.0 Å². The number of para-hydroxylation sites is 1. The van der Waals surface area contributed by atoms with E-state index in [-0.39, 0.29) is 5.91 Å². The third-order valence-corrected chi connectivity index (χ3v) is 4.18. The zero-order valence-electron chi connectivity index (χ0n) is 15.1. The van der Waals surface area contributed by atoms with Crippen molar-refractivity contribution in [3.8, 4) is 11.5 Å². The van der Waals surface area contributed by atoms with E-state index in [2.05, 4.69) is 17.4 Å². The Morgan fingerprint density at radius 2 is 1.65 bits per heavy atom. The molecule has 0 saturated heterocycles. The van der Waals surface area contributed by atoms with Crippen molar-refractivity contribution in [1.82, 2.24) is 5.32 Å². The SMILES string of the molecule is Cc1ccccc1OC(C)C(=O)NCCOc1cccc2ccccc12. The van der Waals surface area contributed by atoms with Gasteiger partial charge in [-0.25, -0.2) is 0 Å². The van der Waals surface area contributed by atoms with Gasteiger partial charge in [0.05, 0.1) is 6.54 Å². The number of ether oxygens (including phenoxy) is 2. The highest BCUT2D eigenvalue weighted by Gasteiger charge is 2.15. The minimum Gasteiger partial charge on any atom is -0.491 e. The van der Waals surface area contributed by atoms with Gasteiger partial charge in [0.1, 0.15) is 18.1 Å². The molecule has 0 bridgehead atoms. The van der Waals surface area contributed by atoms with Crippen LogP contribution in [-0.2, 0) is 4.79 Å². The van der Waals surface area contributed by atoms with Crippen LogP contribution in [0.3, 0.4) is 0 Å². The van der Waals surface area contributed by atoms with E-state index in [1.807, 2.05) is 61.5 Å². The molecule has 0 saturated carbocycles. The monoisotopic (exact) mass is 349 g/mol. The summed E-state index contributed by atoms with van der Waals surface area (Å²) >= 11 is 0. The highest BCUT2D eigenvalue weighted by molar-refractivity contribution is 5.88. The summed E-state index contributed by atoms with van der Waals surface area (Å²) in [5.74, 6) is 1.39. The predicted molar refractivity (Wildman–Crippen MR) is 104 cm³/mol. The van der Waals surface area contributed by atoms with E-state index in [9.17, 15) is 4.79 Å². The topological polar surface area (TPSA) is 47.6 Å². The molecule has 0 aliphatic heterocycles. The molecular formula is C22H23NO3. The van der Waals surface area contributed by atoms with Crippen molar-refractivity contribution >= 4 is 16.7 Å². The molecule has 4 heteroatoms. The summed E-state index contributed by atoms with van der Waals surface area (Å²) in [6.07, 6.45) is -0.561. The fraction of sp³-hybridized carbons (Fsp3) is 0.227. The fourth-order valence-electron chi connectivity index (χ4n) is 2.73. The Balaban J connectivity index is 1.48. The van der Waals surface area contributed by atoms with Crippen LogP contribution < -0.4 is 14.8 Å². The molecule has 0 fully saturated rings. The normalized spacial score (nSPS) is 11.8. The van der Waals surface area contributed by atoms with E-state index in [0.29, 0.717) is 13.2 Å². The molecule has 1 unspecified atom stereocenters. The van der Waals surface area contributed by atoms with Crippen molar-refractivity contribution in [3.05, 3.63) is 72.3 Å². The van der Waals surface area contributed by atoms with Crippen LogP contribution in [0.25, 0.3) is 10.8 Å². The number of carbonyl (C=O) groups is 1. The molecule has 1 atom stereocenters. The Hall–Kier alpha value is -3.01. The van der Waals surface area contributed by atoms with Gasteiger partial charge in [0.25, 0.3) is 5.91 Å². The molecule has 0 radical (unpaired) electrons. The second-order valence-corrected chi connectivity index (χ2v) is 6.14. The minimum atomic E-state index is -0.561. The summed E-state index contributed by atoms with van der Waals surface area (Å²) in [5, 5.41) is 5.05. The molecular weight excluding hydrogens is 326 g/mol. The standard InChI is InChI=1S/C22H23NO3/c1-16-8-3-6-12-20(16)26-17(2)22(24)23-14-15-25-21-13-7-10-18-9-4-5-11-19(18)21/h3-13,17H,14-15H2,1-2H3,(H,23,24). The number of nitrogens with one attached hydrogen (secondary N) is 1. The van der Waals surface area contributed by atoms with E-state index in [0.717, 1.165) is 27.8 Å². The van der Waals surface area contributed by atoms with Gasteiger partial charge in [-0.2, -0.15) is 0 Å². The van der Waals surface area contributed by atoms with Gasteiger partial charge in [0.15, 0.2) is 6.10 Å². The molecule has 0 heterocycles. The Morgan fingerprint density at radius 3 is 2.50 bits per heavy atom. The molecule has 0 aliphatic rings. The summed E-state index contributed by atoms with van der Waals surface area (Å²) in [5.41, 5.74) is 1.01. The average molecular weight is 349 g/mol. The van der Waals surface area contributed by atoms with Crippen molar-refractivity contribution in [3.63, 3.8) is 0 Å². The largest absolute Gasteiger partial charge is 0.491 e. The van der Waals surface area contributed by atoms with E-state index < -0.39 is 6.10 Å². The van der Waals surface area contributed by atoms with Crippen LogP contribution in [0.5, 0.6) is 11.5 Å². The van der Waals surface area contributed by atoms with Crippen LogP contribution in [-0.4, -0.2) is 25.2 Å². The maximum atomic E-state index is 12.2. The number of benzene rings is 3. The third-order valence-electron chi connectivity index (χ3n) is 4.18. The quantitative estimate of drug-likeness (QED) is 0.653. The second-order valence-electron chi connectivity index (χ2n) is 6.14. The highest BCUT2D eigenvalue weighted by Crippen LogP contribution is 2.24. The van der Waals surface area contributed by atoms with Crippen molar-refractivity contribution < 1.29 is 14.3 Å². The van der Waals surface area contributed by atoms with Crippen LogP contribution in [0, 0.1) is 6.92 Å². The van der Waals surface area contributed by atoms with E-state index in [1.54, 1.807) is 6.92 Å². The van der Waals surface area contributed by atoms with Gasteiger partial charge < -0.3 is 14.8 Å². The van der Waals surface area contributed by atoms with E-state index in [1.165, 1.54) is 0 Å². The lowest BCUT2D eigenvalue weighted by Crippen LogP contribution is -2.38. The first kappa shape index (κ1) is 17.8. The molecule has 1 amide bonds. The Labute approximate surface area is 153 Å². The molecule has 134 valence electrons. The number of hydrogen-bond acceptors (Lipinski definition) is 3. The molecule has 3 aromatic rings. The van der Waals surface area contributed by atoms with Crippen molar-refractivity contribution in [2.75, 3.05) is 13.2 Å². The van der Waals surface area contributed by atoms with Crippen molar-refractivity contribution in [2.24, 2.45) is 0 Å². The van der Waals surface area contributed by atoms with Crippen molar-refractivity contribution in [1.29, 1.82) is 0 Å². The van der Waals surface area contributed by atoms with Crippen LogP contribution in [0.2, 0.25) is 0 Å². The van der Waals surface area contributed by atoms with Crippen LogP contribution >= 0.6 is 0 Å². The van der Waals surface area contributed by atoms with Crippen LogP contribution in [0.15, 0.2) is 66.7 Å². The summed E-state index contributed by atoms with van der Waals surface area (Å²) < 4.78 is 11.6. The summed E-state index contributed by atoms with van der Waals surface area (Å²) in [7, 11) is 0. The number of aryl methyl sites for hydroxylation is 1. The molecule has 1 N–H and O–H groups in total. The molecule has 0 aliphatic carbocycles. The van der Waals surface area contributed by atoms with Crippen LogP contribution in [0.4, 0.5) is 0 Å². The molecule has 0 spiro atoms. The minimum absolute atomic E-state index is 0.158. The lowest BCUT2D eigenvalue weighted by Gasteiger charge is -2.16. The smallest absolute Gasteiger partial charge is 0.260 e. The van der Waals surface area contributed by atoms with Crippen LogP contribution in [0.1, 0.15) is 12.5 Å². The molecule has 3 aromatic carbocycles. The van der Waals surface area contributed by atoms with Gasteiger partial charge in [-0.15, -0.1) is 0 Å². The molecule has 26 heavy (non-hydrogen) atoms. The maximum Gasteiger partial charge on any atom is 0.260 e. The molecule has 4 nitrogen and oxygen atoms in total. The number of hydrogen-bond donors (Lipinski definition) is 1. The first-order valence-electron chi connectivity index (χ1n) is 8.76. The average Bonchev–Trinajstić information content (AvgIpc) is 2.67. The highest BCUT2D eigenvalue weighted by atomic mass is 16.5. The first-order chi connectivity index (χ1) is 12.6. The van der Waals surface area contributed by atoms with Gasteiger partial charge in [0.2, 0.25) is 0 Å². The van der Waals surface area contributed by atoms with Gasteiger partial charge in [0, 0.05) is 5.39 Å². The number of fused-ring (bicyclic) bond motifs is 1. The van der Waals surface area contributed by atoms with Gasteiger partial charge in [-0.05, 0) is 36.9 Å². The Morgan fingerprint density at radius 1 is 0.962 bits per heavy atom. The number of amides is 1. The second kappa shape index (κ2) is 8.39. The molecule has 0 aromatic heterocycles. The molecule has 3 rings (SSSR count). The number of carbonyl (C=O) groups excluding carboxylic acids is 1. The fourth-order valence-corrected chi connectivity index (χ4v) is 2.73. The lowest BCUT2D eigenvalue weighted by atomic mass is 10.1. The summed E-state index contributed by atoms with van der Waals surface area (Å²) in [6, 6.07) is 21.7. The Kier molecular flexibility index (Phi) is 5.74. The van der Waals surface area contributed by atoms with Gasteiger partial charge in [-0.1, -0.05) is 54.6 Å². The summed E-state index contributed by atoms with van der Waals surface area (Å²) in [6.45, 7) is 4.52. The van der Waals surface area contributed by atoms with Gasteiger partial charge in [-0.3, -0.25) is 4.79 Å². The zero-order chi connectivity index (χ0) is 18.4. The van der Waals surface area contributed by atoms with Gasteiger partial charge >= 0.3 is 0 Å². The first-order valence-corrected chi connectivity index (χ1v) is 8.76. The maximum absolute atomic E-state index is 12.2.